The highest BCUT2D eigenvalue weighted by molar-refractivity contribution is 5.79. The molecule has 23 heavy (non-hydrogen) atoms. The highest BCUT2D eigenvalue weighted by atomic mass is 19.1. The summed E-state index contributed by atoms with van der Waals surface area (Å²) in [6.07, 6.45) is -0.0571. The fourth-order valence-electron chi connectivity index (χ4n) is 1.97. The lowest BCUT2D eigenvalue weighted by Gasteiger charge is -2.22. The van der Waals surface area contributed by atoms with Gasteiger partial charge in [0, 0.05) is 6.07 Å². The minimum absolute atomic E-state index is 0.118. The summed E-state index contributed by atoms with van der Waals surface area (Å²) in [5.74, 6) is -2.55. The van der Waals surface area contributed by atoms with Crippen LogP contribution in [0.1, 0.15) is 39.2 Å². The van der Waals surface area contributed by atoms with Crippen LogP contribution in [0.3, 0.4) is 0 Å². The number of aliphatic carboxylic acids is 1. The quantitative estimate of drug-likeness (QED) is 0.840. The van der Waals surface area contributed by atoms with Crippen molar-refractivity contribution in [2.45, 2.75) is 51.7 Å². The molecular formula is C16H21F2NO4. The average Bonchev–Trinajstić information content (AvgIpc) is 2.33. The largest absolute Gasteiger partial charge is 0.480 e. The zero-order chi connectivity index (χ0) is 17.6. The van der Waals surface area contributed by atoms with Gasteiger partial charge in [0.1, 0.15) is 23.3 Å². The molecule has 0 spiro atoms. The molecule has 0 bridgehead atoms. The predicted octanol–water partition coefficient (Wildman–Crippen LogP) is 3.27. The molecule has 1 aromatic rings. The molecule has 1 aromatic carbocycles. The van der Waals surface area contributed by atoms with Crippen LogP contribution in [0, 0.1) is 11.6 Å². The van der Waals surface area contributed by atoms with Crippen molar-refractivity contribution >= 4 is 12.1 Å². The van der Waals surface area contributed by atoms with Crippen LogP contribution in [0.25, 0.3) is 0 Å². The van der Waals surface area contributed by atoms with Crippen LogP contribution < -0.4 is 5.32 Å². The van der Waals surface area contributed by atoms with E-state index in [1.54, 1.807) is 20.8 Å². The maximum atomic E-state index is 13.1. The number of nitrogens with one attached hydrogen (secondary N) is 1. The lowest BCUT2D eigenvalue weighted by molar-refractivity contribution is -0.139. The van der Waals surface area contributed by atoms with Gasteiger partial charge < -0.3 is 15.2 Å². The van der Waals surface area contributed by atoms with Crippen LogP contribution in [-0.2, 0) is 16.0 Å². The summed E-state index contributed by atoms with van der Waals surface area (Å²) in [4.78, 5) is 22.8. The van der Waals surface area contributed by atoms with E-state index in [-0.39, 0.29) is 6.42 Å². The topological polar surface area (TPSA) is 75.6 Å². The summed E-state index contributed by atoms with van der Waals surface area (Å²) in [5, 5.41) is 11.4. The second-order valence-electron chi connectivity index (χ2n) is 6.21. The van der Waals surface area contributed by atoms with E-state index in [4.69, 9.17) is 9.84 Å². The molecule has 0 aliphatic heterocycles. The van der Waals surface area contributed by atoms with Crippen molar-refractivity contribution in [1.82, 2.24) is 5.32 Å². The average molecular weight is 329 g/mol. The Hall–Kier alpha value is -2.18. The van der Waals surface area contributed by atoms with Crippen molar-refractivity contribution in [3.63, 3.8) is 0 Å². The lowest BCUT2D eigenvalue weighted by atomic mass is 10.0. The van der Waals surface area contributed by atoms with E-state index >= 15 is 0 Å². The smallest absolute Gasteiger partial charge is 0.408 e. The molecule has 128 valence electrons. The highest BCUT2D eigenvalue weighted by Gasteiger charge is 2.23. The molecule has 0 radical (unpaired) electrons. The van der Waals surface area contributed by atoms with Crippen molar-refractivity contribution in [3.8, 4) is 0 Å². The van der Waals surface area contributed by atoms with Gasteiger partial charge in [0.25, 0.3) is 0 Å². The Morgan fingerprint density at radius 1 is 1.22 bits per heavy atom. The van der Waals surface area contributed by atoms with E-state index in [9.17, 15) is 18.4 Å². The third kappa shape index (κ3) is 7.58. The Morgan fingerprint density at radius 2 is 1.78 bits per heavy atom. The van der Waals surface area contributed by atoms with Crippen LogP contribution in [0.4, 0.5) is 13.6 Å². The fraction of sp³-hybridized carbons (Fsp3) is 0.500. The van der Waals surface area contributed by atoms with Crippen molar-refractivity contribution in [1.29, 1.82) is 0 Å². The number of rotatable bonds is 6. The molecule has 1 rings (SSSR count). The van der Waals surface area contributed by atoms with Gasteiger partial charge in [0.05, 0.1) is 0 Å². The third-order valence-corrected chi connectivity index (χ3v) is 2.87. The van der Waals surface area contributed by atoms with E-state index in [1.807, 2.05) is 0 Å². The van der Waals surface area contributed by atoms with E-state index in [0.717, 1.165) is 6.07 Å². The molecule has 0 aliphatic carbocycles. The first-order valence-corrected chi connectivity index (χ1v) is 7.24. The number of carboxylic acids is 1. The third-order valence-electron chi connectivity index (χ3n) is 2.87. The number of halogens is 2. The van der Waals surface area contributed by atoms with Gasteiger partial charge in [0.15, 0.2) is 0 Å². The number of alkyl carbamates (subject to hydrolysis) is 1. The first kappa shape index (κ1) is 18.9. The maximum Gasteiger partial charge on any atom is 0.408 e. The number of amides is 1. The molecule has 1 amide bonds. The number of hydrogen-bond acceptors (Lipinski definition) is 3. The van der Waals surface area contributed by atoms with Gasteiger partial charge in [-0.1, -0.05) is 0 Å². The van der Waals surface area contributed by atoms with E-state index in [1.165, 1.54) is 12.1 Å². The molecule has 0 saturated carbocycles. The first-order chi connectivity index (χ1) is 10.6. The number of aryl methyl sites for hydroxylation is 1. The first-order valence-electron chi connectivity index (χ1n) is 7.24. The number of carboxylic acid groups (broad SMARTS) is 1. The Morgan fingerprint density at radius 3 is 2.26 bits per heavy atom. The molecule has 5 nitrogen and oxygen atoms in total. The number of ether oxygens (including phenoxy) is 1. The number of benzene rings is 1. The van der Waals surface area contributed by atoms with Gasteiger partial charge >= 0.3 is 12.1 Å². The van der Waals surface area contributed by atoms with Gasteiger partial charge in [-0.25, -0.2) is 18.4 Å². The molecule has 1 atom stereocenters. The minimum atomic E-state index is -1.19. The molecule has 0 saturated heterocycles. The fourth-order valence-corrected chi connectivity index (χ4v) is 1.97. The molecule has 2 N–H and O–H groups in total. The zero-order valence-electron chi connectivity index (χ0n) is 13.4. The van der Waals surface area contributed by atoms with E-state index in [2.05, 4.69) is 5.32 Å². The highest BCUT2D eigenvalue weighted by Crippen LogP contribution is 2.12. The van der Waals surface area contributed by atoms with Crippen LogP contribution in [-0.4, -0.2) is 28.8 Å². The standard InChI is InChI=1S/C16H21F2NO4/c1-16(2,3)23-15(22)19-13(14(20)21)6-4-5-10-7-11(17)9-12(18)8-10/h7-9,13H,4-6H2,1-3H3,(H,19,22)(H,20,21). The predicted molar refractivity (Wildman–Crippen MR) is 80.1 cm³/mol. The van der Waals surface area contributed by atoms with Crippen molar-refractivity contribution in [2.24, 2.45) is 0 Å². The summed E-state index contributed by atoms with van der Waals surface area (Å²) >= 11 is 0. The second-order valence-corrected chi connectivity index (χ2v) is 6.21. The Labute approximate surface area is 133 Å². The molecule has 0 aromatic heterocycles. The van der Waals surface area contributed by atoms with E-state index < -0.39 is 35.3 Å². The molecule has 0 aliphatic rings. The van der Waals surface area contributed by atoms with Crippen molar-refractivity contribution in [2.75, 3.05) is 0 Å². The second kappa shape index (κ2) is 7.89. The summed E-state index contributed by atoms with van der Waals surface area (Å²) in [5.41, 5.74) is -0.296. The van der Waals surface area contributed by atoms with Crippen LogP contribution >= 0.6 is 0 Å². The molecule has 0 heterocycles. The summed E-state index contributed by atoms with van der Waals surface area (Å²) in [6, 6.07) is 2.04. The summed E-state index contributed by atoms with van der Waals surface area (Å²) in [6.45, 7) is 5.00. The van der Waals surface area contributed by atoms with Crippen molar-refractivity contribution in [3.05, 3.63) is 35.4 Å². The minimum Gasteiger partial charge on any atom is -0.480 e. The lowest BCUT2D eigenvalue weighted by Crippen LogP contribution is -2.43. The monoisotopic (exact) mass is 329 g/mol. The van der Waals surface area contributed by atoms with Crippen LogP contribution in [0.2, 0.25) is 0 Å². The van der Waals surface area contributed by atoms with Gasteiger partial charge in [-0.05, 0) is 57.7 Å². The van der Waals surface area contributed by atoms with Crippen LogP contribution in [0.5, 0.6) is 0 Å². The number of carbonyl (C=O) groups is 2. The van der Waals surface area contributed by atoms with Gasteiger partial charge in [-0.2, -0.15) is 0 Å². The molecular weight excluding hydrogens is 308 g/mol. The van der Waals surface area contributed by atoms with Gasteiger partial charge in [-0.15, -0.1) is 0 Å². The molecule has 0 fully saturated rings. The van der Waals surface area contributed by atoms with Gasteiger partial charge in [-0.3, -0.25) is 0 Å². The maximum absolute atomic E-state index is 13.1. The Kier molecular flexibility index (Phi) is 6.48. The summed E-state index contributed by atoms with van der Waals surface area (Å²) in [7, 11) is 0. The Bertz CT molecular complexity index is 549. The zero-order valence-corrected chi connectivity index (χ0v) is 13.4. The SMILES string of the molecule is CC(C)(C)OC(=O)NC(CCCc1cc(F)cc(F)c1)C(=O)O. The van der Waals surface area contributed by atoms with Crippen molar-refractivity contribution < 1.29 is 28.2 Å². The number of hydrogen-bond donors (Lipinski definition) is 2. The van der Waals surface area contributed by atoms with Crippen LogP contribution in [0.15, 0.2) is 18.2 Å². The molecule has 7 heteroatoms. The molecule has 1 unspecified atom stereocenters. The Balaban J connectivity index is 2.53. The van der Waals surface area contributed by atoms with Gasteiger partial charge in [0.2, 0.25) is 0 Å². The van der Waals surface area contributed by atoms with E-state index in [0.29, 0.717) is 18.4 Å². The normalized spacial score (nSPS) is 12.6. The number of carbonyl (C=O) groups excluding carboxylic acids is 1. The summed E-state index contributed by atoms with van der Waals surface area (Å²) < 4.78 is 31.1.